The molecule has 17 heavy (non-hydrogen) atoms. The molecule has 0 aliphatic heterocycles. The van der Waals surface area contributed by atoms with Gasteiger partial charge in [-0.05, 0) is 23.5 Å². The minimum Gasteiger partial charge on any atom is -0.511 e. The summed E-state index contributed by atoms with van der Waals surface area (Å²) in [5.74, 6) is -0.563. The maximum absolute atomic E-state index is 11.4. The molecule has 1 aliphatic rings. The minimum absolute atomic E-state index is 0.0553. The van der Waals surface area contributed by atoms with Crippen LogP contribution < -0.4 is 5.73 Å². The Labute approximate surface area is 103 Å². The number of hydrogen-bond acceptors (Lipinski definition) is 4. The fourth-order valence-corrected chi connectivity index (χ4v) is 2.94. The number of hydrogen-bond donors (Lipinski definition) is 2. The van der Waals surface area contributed by atoms with E-state index in [9.17, 15) is 13.5 Å². The Balaban J connectivity index is 3.58. The molecule has 1 atom stereocenters. The molecule has 1 aliphatic carbocycles. The fourth-order valence-electron chi connectivity index (χ4n) is 1.96. The van der Waals surface area contributed by atoms with Gasteiger partial charge in [-0.1, -0.05) is 26.8 Å². The minimum atomic E-state index is -2.37. The van der Waals surface area contributed by atoms with Crippen LogP contribution in [0.3, 0.4) is 0 Å². The van der Waals surface area contributed by atoms with Crippen molar-refractivity contribution < 1.29 is 13.5 Å². The van der Waals surface area contributed by atoms with Gasteiger partial charge in [0.05, 0.1) is 10.8 Å². The van der Waals surface area contributed by atoms with E-state index in [-0.39, 0.29) is 22.6 Å². The molecule has 0 saturated heterocycles. The summed E-state index contributed by atoms with van der Waals surface area (Å²) in [5, 5.41) is 9.90. The molecule has 3 N–H and O–H groups in total. The second kappa shape index (κ2) is 4.66. The van der Waals surface area contributed by atoms with Gasteiger partial charge in [-0.2, -0.15) is 8.42 Å². The smallest absolute Gasteiger partial charge is 0.218 e. The molecule has 0 saturated carbocycles. The molecule has 1 unspecified atom stereocenters. The number of nitrogens with two attached hydrogens (primary N) is 1. The molecular weight excluding hydrogens is 238 g/mol. The fraction of sp³-hybridized carbons (Fsp3) is 0.583. The largest absolute Gasteiger partial charge is 0.511 e. The predicted octanol–water partition coefficient (Wildman–Crippen LogP) is 1.43. The number of rotatable bonds is 1. The number of aliphatic hydroxyl groups excluding tert-OH is 1. The third kappa shape index (κ3) is 2.61. The average Bonchev–Trinajstić information content (AvgIpc) is 2.19. The van der Waals surface area contributed by atoms with E-state index in [0.717, 1.165) is 5.57 Å². The molecule has 0 spiro atoms. The Morgan fingerprint density at radius 3 is 2.29 bits per heavy atom. The van der Waals surface area contributed by atoms with E-state index in [2.05, 4.69) is 0 Å². The highest BCUT2D eigenvalue weighted by Crippen LogP contribution is 2.35. The predicted molar refractivity (Wildman–Crippen MR) is 69.3 cm³/mol. The normalized spacial score (nSPS) is 21.6. The Kier molecular flexibility index (Phi) is 3.84. The van der Waals surface area contributed by atoms with Crippen LogP contribution in [0.2, 0.25) is 0 Å². The average molecular weight is 257 g/mol. The molecule has 0 heterocycles. The van der Waals surface area contributed by atoms with E-state index in [0.29, 0.717) is 5.57 Å². The van der Waals surface area contributed by atoms with Crippen LogP contribution in [-0.4, -0.2) is 24.9 Å². The van der Waals surface area contributed by atoms with Crippen LogP contribution in [0.15, 0.2) is 23.0 Å². The number of aliphatic hydroxyl groups is 1. The first kappa shape index (κ1) is 14.0. The highest BCUT2D eigenvalue weighted by atomic mass is 32.2. The summed E-state index contributed by atoms with van der Waals surface area (Å²) >= 11 is 0. The Morgan fingerprint density at radius 1 is 1.41 bits per heavy atom. The highest BCUT2D eigenvalue weighted by Gasteiger charge is 2.34. The molecule has 5 heteroatoms. The number of allylic oxidation sites excluding steroid dienone is 3. The SMILES string of the molecule is CC1=C(O)C(CN)C(=S(=O)=O)C(C(C)(C)C)=C1. The summed E-state index contributed by atoms with van der Waals surface area (Å²) in [7, 11) is -2.37. The van der Waals surface area contributed by atoms with Crippen LogP contribution in [0.25, 0.3) is 0 Å². The first-order valence-electron chi connectivity index (χ1n) is 5.48. The van der Waals surface area contributed by atoms with Gasteiger partial charge >= 0.3 is 0 Å². The molecule has 0 aromatic heterocycles. The quantitative estimate of drug-likeness (QED) is 0.696. The van der Waals surface area contributed by atoms with Gasteiger partial charge in [0.2, 0.25) is 10.3 Å². The molecule has 0 fully saturated rings. The van der Waals surface area contributed by atoms with Crippen molar-refractivity contribution in [2.24, 2.45) is 17.1 Å². The monoisotopic (exact) mass is 257 g/mol. The van der Waals surface area contributed by atoms with Crippen molar-refractivity contribution in [3.8, 4) is 0 Å². The molecule has 4 nitrogen and oxygen atoms in total. The summed E-state index contributed by atoms with van der Waals surface area (Å²) in [6.45, 7) is 7.66. The van der Waals surface area contributed by atoms with Crippen molar-refractivity contribution in [1.82, 2.24) is 0 Å². The molecule has 0 radical (unpaired) electrons. The Bertz CT molecular complexity index is 510. The summed E-state index contributed by atoms with van der Waals surface area (Å²) < 4.78 is 22.7. The summed E-state index contributed by atoms with van der Waals surface area (Å²) in [6.07, 6.45) is 1.73. The van der Waals surface area contributed by atoms with Gasteiger partial charge in [0.25, 0.3) is 0 Å². The van der Waals surface area contributed by atoms with Crippen LogP contribution in [0.1, 0.15) is 27.7 Å². The van der Waals surface area contributed by atoms with Crippen LogP contribution in [-0.2, 0) is 10.3 Å². The van der Waals surface area contributed by atoms with E-state index < -0.39 is 16.2 Å². The molecule has 0 aromatic rings. The van der Waals surface area contributed by atoms with Crippen molar-refractivity contribution in [1.29, 1.82) is 0 Å². The molecule has 1 rings (SSSR count). The summed E-state index contributed by atoms with van der Waals surface area (Å²) in [5.41, 5.74) is 6.67. The van der Waals surface area contributed by atoms with Crippen LogP contribution >= 0.6 is 0 Å². The molecule has 0 bridgehead atoms. The molecule has 0 aromatic carbocycles. The third-order valence-corrected chi connectivity index (χ3v) is 3.76. The van der Waals surface area contributed by atoms with Crippen molar-refractivity contribution in [3.05, 3.63) is 23.0 Å². The topological polar surface area (TPSA) is 80.4 Å². The lowest BCUT2D eigenvalue weighted by Gasteiger charge is -2.30. The second-order valence-corrected chi connectivity index (χ2v) is 6.17. The molecular formula is C12H19NO3S. The van der Waals surface area contributed by atoms with Crippen LogP contribution in [0.5, 0.6) is 0 Å². The summed E-state index contributed by atoms with van der Waals surface area (Å²) in [4.78, 5) is 0.211. The van der Waals surface area contributed by atoms with E-state index in [4.69, 9.17) is 5.73 Å². The first-order chi connectivity index (χ1) is 7.70. The van der Waals surface area contributed by atoms with Crippen molar-refractivity contribution >= 4 is 15.2 Å². The lowest BCUT2D eigenvalue weighted by molar-refractivity contribution is 0.358. The Morgan fingerprint density at radius 2 is 1.94 bits per heavy atom. The van der Waals surface area contributed by atoms with Crippen molar-refractivity contribution in [2.75, 3.05) is 6.54 Å². The zero-order chi connectivity index (χ0) is 13.4. The lowest BCUT2D eigenvalue weighted by Crippen LogP contribution is -2.34. The van der Waals surface area contributed by atoms with Crippen LogP contribution in [0, 0.1) is 11.3 Å². The highest BCUT2D eigenvalue weighted by molar-refractivity contribution is 7.73. The zero-order valence-corrected chi connectivity index (χ0v) is 11.4. The van der Waals surface area contributed by atoms with E-state index in [1.807, 2.05) is 20.8 Å². The van der Waals surface area contributed by atoms with Crippen molar-refractivity contribution in [2.45, 2.75) is 27.7 Å². The van der Waals surface area contributed by atoms with Gasteiger partial charge in [-0.3, -0.25) is 0 Å². The molecule has 96 valence electrons. The first-order valence-corrected chi connectivity index (χ1v) is 6.56. The van der Waals surface area contributed by atoms with Gasteiger partial charge in [0.15, 0.2) is 0 Å². The standard InChI is InChI=1S/C12H19NO3S/c1-7-5-9(12(2,3)4)11(17(15)16)8(6-13)10(7)14/h5,8,14H,6,13H2,1-4H3. The summed E-state index contributed by atoms with van der Waals surface area (Å²) in [6, 6.07) is 0. The van der Waals surface area contributed by atoms with E-state index in [1.54, 1.807) is 13.0 Å². The van der Waals surface area contributed by atoms with Gasteiger partial charge in [0.1, 0.15) is 5.76 Å². The third-order valence-electron chi connectivity index (χ3n) is 2.90. The maximum atomic E-state index is 11.4. The second-order valence-electron chi connectivity index (χ2n) is 5.26. The lowest BCUT2D eigenvalue weighted by atomic mass is 9.76. The van der Waals surface area contributed by atoms with Crippen LogP contribution in [0.4, 0.5) is 0 Å². The zero-order valence-electron chi connectivity index (χ0n) is 10.6. The van der Waals surface area contributed by atoms with E-state index in [1.165, 1.54) is 0 Å². The van der Waals surface area contributed by atoms with Gasteiger partial charge in [-0.15, -0.1) is 0 Å². The maximum Gasteiger partial charge on any atom is 0.218 e. The van der Waals surface area contributed by atoms with Gasteiger partial charge in [0, 0.05) is 6.54 Å². The van der Waals surface area contributed by atoms with E-state index >= 15 is 0 Å². The molecule has 0 amide bonds. The Hall–Kier alpha value is -1.07. The van der Waals surface area contributed by atoms with Crippen molar-refractivity contribution in [3.63, 3.8) is 0 Å². The van der Waals surface area contributed by atoms with Gasteiger partial charge in [-0.25, -0.2) is 0 Å². The van der Waals surface area contributed by atoms with Gasteiger partial charge < -0.3 is 10.8 Å².